The van der Waals surface area contributed by atoms with Gasteiger partial charge in [-0.05, 0) is 55.1 Å². The van der Waals surface area contributed by atoms with Gasteiger partial charge in [0, 0.05) is 31.2 Å². The summed E-state index contributed by atoms with van der Waals surface area (Å²) in [5, 5.41) is 8.25. The molecule has 1 aromatic carbocycles. The highest BCUT2D eigenvalue weighted by Crippen LogP contribution is 2.46. The summed E-state index contributed by atoms with van der Waals surface area (Å²) in [5.41, 5.74) is 3.50. The molecular formula is C24H34ClFN4O3. The molecule has 1 aromatic rings. The number of hydrogen-bond acceptors (Lipinski definition) is 5. The number of hydrazine groups is 1. The Labute approximate surface area is 199 Å². The van der Waals surface area contributed by atoms with Gasteiger partial charge in [0.05, 0.1) is 5.02 Å². The van der Waals surface area contributed by atoms with Crippen molar-refractivity contribution in [3.8, 4) is 5.75 Å². The molecule has 4 fully saturated rings. The molecule has 2 unspecified atom stereocenters. The van der Waals surface area contributed by atoms with E-state index < -0.39 is 5.82 Å². The number of ether oxygens (including phenoxy) is 1. The van der Waals surface area contributed by atoms with E-state index in [9.17, 15) is 14.0 Å². The molecule has 0 spiro atoms. The summed E-state index contributed by atoms with van der Waals surface area (Å²) < 4.78 is 19.0. The third-order valence-electron chi connectivity index (χ3n) is 7.43. The van der Waals surface area contributed by atoms with Crippen LogP contribution in [-0.2, 0) is 9.59 Å². The van der Waals surface area contributed by atoms with Crippen LogP contribution in [0.25, 0.3) is 0 Å². The molecule has 5 rings (SSSR count). The van der Waals surface area contributed by atoms with Crippen molar-refractivity contribution in [3.05, 3.63) is 29.0 Å². The predicted molar refractivity (Wildman–Crippen MR) is 124 cm³/mol. The zero-order valence-electron chi connectivity index (χ0n) is 19.7. The van der Waals surface area contributed by atoms with Crippen LogP contribution in [0.2, 0.25) is 5.02 Å². The number of carbonyl (C=O) groups is 2. The van der Waals surface area contributed by atoms with Crippen LogP contribution in [0.15, 0.2) is 18.2 Å². The van der Waals surface area contributed by atoms with Crippen LogP contribution in [-0.4, -0.2) is 54.6 Å². The summed E-state index contributed by atoms with van der Waals surface area (Å²) in [6.07, 6.45) is 3.49. The smallest absolute Gasteiger partial charge is 0.258 e. The first kappa shape index (κ1) is 24.2. The molecule has 1 saturated heterocycles. The molecular weight excluding hydrogens is 447 g/mol. The van der Waals surface area contributed by atoms with Crippen molar-refractivity contribution in [2.24, 2.45) is 17.3 Å². The van der Waals surface area contributed by atoms with Crippen LogP contribution in [0.4, 0.5) is 4.39 Å². The summed E-state index contributed by atoms with van der Waals surface area (Å²) in [6, 6.07) is 4.19. The van der Waals surface area contributed by atoms with Crippen LogP contribution >= 0.6 is 11.6 Å². The van der Waals surface area contributed by atoms with Crippen LogP contribution < -0.4 is 20.8 Å². The van der Waals surface area contributed by atoms with Crippen LogP contribution in [0.3, 0.4) is 0 Å². The molecule has 4 aliphatic rings. The largest absolute Gasteiger partial charge is 0.484 e. The Morgan fingerprint density at radius 2 is 1.82 bits per heavy atom. The van der Waals surface area contributed by atoms with E-state index in [0.717, 1.165) is 31.7 Å². The van der Waals surface area contributed by atoms with Crippen molar-refractivity contribution in [1.29, 1.82) is 0 Å². The minimum Gasteiger partial charge on any atom is -0.484 e. The van der Waals surface area contributed by atoms with Gasteiger partial charge < -0.3 is 15.4 Å². The number of fused-ring (bicyclic) bond motifs is 2. The first-order valence-electron chi connectivity index (χ1n) is 11.7. The number of amides is 2. The van der Waals surface area contributed by atoms with Gasteiger partial charge in [0.15, 0.2) is 6.61 Å². The lowest BCUT2D eigenvalue weighted by Gasteiger charge is -2.51. The second kappa shape index (κ2) is 9.39. The maximum atomic E-state index is 13.5. The Morgan fingerprint density at radius 3 is 2.42 bits per heavy atom. The molecule has 9 heteroatoms. The first-order valence-corrected chi connectivity index (χ1v) is 12.1. The average Bonchev–Trinajstić information content (AvgIpc) is 3.10. The molecule has 4 atom stereocenters. The fourth-order valence-corrected chi connectivity index (χ4v) is 5.34. The first-order chi connectivity index (χ1) is 15.5. The van der Waals surface area contributed by atoms with Crippen LogP contribution in [0.1, 0.15) is 46.5 Å². The lowest BCUT2D eigenvalue weighted by molar-refractivity contribution is -0.129. The van der Waals surface area contributed by atoms with Gasteiger partial charge in [-0.3, -0.25) is 15.0 Å². The second-order valence-electron chi connectivity index (χ2n) is 10.8. The molecule has 2 bridgehead atoms. The lowest BCUT2D eigenvalue weighted by atomic mass is 9.60. The number of nitrogens with zero attached hydrogens (tertiary/aromatic N) is 1. The van der Waals surface area contributed by atoms with Crippen LogP contribution in [0.5, 0.6) is 5.75 Å². The number of carbonyl (C=O) groups excluding carboxylic acids is 2. The Hall–Kier alpha value is -1.90. The van der Waals surface area contributed by atoms with Crippen molar-refractivity contribution >= 4 is 23.4 Å². The monoisotopic (exact) mass is 480 g/mol. The maximum absolute atomic E-state index is 13.5. The van der Waals surface area contributed by atoms with E-state index in [-0.39, 0.29) is 58.8 Å². The van der Waals surface area contributed by atoms with Gasteiger partial charge in [0.1, 0.15) is 17.6 Å². The third kappa shape index (κ3) is 5.44. The van der Waals surface area contributed by atoms with E-state index in [4.69, 9.17) is 16.3 Å². The van der Waals surface area contributed by atoms with E-state index in [0.29, 0.717) is 11.8 Å². The predicted octanol–water partition coefficient (Wildman–Crippen LogP) is 2.88. The van der Waals surface area contributed by atoms with E-state index in [1.54, 1.807) is 0 Å². The molecule has 7 nitrogen and oxygen atoms in total. The van der Waals surface area contributed by atoms with Crippen LogP contribution in [0, 0.1) is 23.1 Å². The SMILES string of the molecule is CN1NC(C(C)(C)C)CC1C(=O)N[C@@H]1C[C@H](NC(=O)COc2ccc(Cl)c(F)c2)C2CC1C2. The third-order valence-corrected chi connectivity index (χ3v) is 7.73. The maximum Gasteiger partial charge on any atom is 0.258 e. The molecule has 0 aromatic heterocycles. The molecule has 0 radical (unpaired) electrons. The zero-order chi connectivity index (χ0) is 23.9. The number of benzene rings is 1. The van der Waals surface area contributed by atoms with Gasteiger partial charge in [-0.15, -0.1) is 0 Å². The summed E-state index contributed by atoms with van der Waals surface area (Å²) in [4.78, 5) is 25.5. The number of rotatable bonds is 6. The molecule has 3 saturated carbocycles. The molecule has 3 aliphatic carbocycles. The van der Waals surface area contributed by atoms with E-state index in [1.807, 2.05) is 12.1 Å². The van der Waals surface area contributed by atoms with Crippen molar-refractivity contribution in [3.63, 3.8) is 0 Å². The average molecular weight is 481 g/mol. The van der Waals surface area contributed by atoms with E-state index in [1.165, 1.54) is 12.1 Å². The fraction of sp³-hybridized carbons (Fsp3) is 0.667. The Kier molecular flexibility index (Phi) is 6.90. The van der Waals surface area contributed by atoms with Gasteiger partial charge in [0.2, 0.25) is 5.91 Å². The molecule has 33 heavy (non-hydrogen) atoms. The van der Waals surface area contributed by atoms with Gasteiger partial charge in [-0.2, -0.15) is 0 Å². The minimum atomic E-state index is -0.585. The topological polar surface area (TPSA) is 82.7 Å². The summed E-state index contributed by atoms with van der Waals surface area (Å²) in [6.45, 7) is 6.33. The van der Waals surface area contributed by atoms with E-state index >= 15 is 0 Å². The fourth-order valence-electron chi connectivity index (χ4n) is 5.22. The van der Waals surface area contributed by atoms with Gasteiger partial charge in [0.25, 0.3) is 5.91 Å². The number of likely N-dealkylation sites (N-methyl/N-ethyl adjacent to an activating group) is 1. The van der Waals surface area contributed by atoms with Gasteiger partial charge >= 0.3 is 0 Å². The normalized spacial score (nSPS) is 31.6. The Balaban J connectivity index is 1.27. The second-order valence-corrected chi connectivity index (χ2v) is 11.2. The Bertz CT molecular complexity index is 902. The molecule has 182 valence electrons. The molecule has 1 aliphatic heterocycles. The highest BCUT2D eigenvalue weighted by atomic mass is 35.5. The van der Waals surface area contributed by atoms with Crippen molar-refractivity contribution in [2.75, 3.05) is 13.7 Å². The highest BCUT2D eigenvalue weighted by Gasteiger charge is 2.48. The quantitative estimate of drug-likeness (QED) is 0.583. The number of nitrogens with one attached hydrogen (secondary N) is 3. The van der Waals surface area contributed by atoms with Gasteiger partial charge in [-0.25, -0.2) is 9.40 Å². The van der Waals surface area contributed by atoms with Gasteiger partial charge in [-0.1, -0.05) is 32.4 Å². The molecule has 2 amide bonds. The van der Waals surface area contributed by atoms with Crippen molar-refractivity contribution in [1.82, 2.24) is 21.1 Å². The molecule has 3 N–H and O–H groups in total. The van der Waals surface area contributed by atoms with Crippen molar-refractivity contribution in [2.45, 2.75) is 70.6 Å². The molecule has 1 heterocycles. The lowest BCUT2D eigenvalue weighted by Crippen LogP contribution is -2.61. The number of hydrogen-bond donors (Lipinski definition) is 3. The summed E-state index contributed by atoms with van der Waals surface area (Å²) in [5.74, 6) is 0.369. The summed E-state index contributed by atoms with van der Waals surface area (Å²) >= 11 is 5.67. The number of halogens is 2. The standard InChI is InChI=1S/C24H34ClFN4O3/c1-24(2,3)21-11-20(30(4)29-21)23(32)28-19-10-18(13-7-14(19)8-13)27-22(31)12-33-15-5-6-16(25)17(26)9-15/h5-6,9,13-14,18-21,29H,7-8,10-12H2,1-4H3,(H,27,31)(H,28,32)/t13?,14?,18-,19+,20?,21?/m0/s1. The minimum absolute atomic E-state index is 0.000102. The highest BCUT2D eigenvalue weighted by molar-refractivity contribution is 6.30. The summed E-state index contributed by atoms with van der Waals surface area (Å²) in [7, 11) is 1.92. The van der Waals surface area contributed by atoms with Crippen molar-refractivity contribution < 1.29 is 18.7 Å². The Morgan fingerprint density at radius 1 is 1.15 bits per heavy atom. The zero-order valence-corrected chi connectivity index (χ0v) is 20.4. The van der Waals surface area contributed by atoms with E-state index in [2.05, 4.69) is 36.8 Å².